The van der Waals surface area contributed by atoms with E-state index in [4.69, 9.17) is 11.6 Å². The summed E-state index contributed by atoms with van der Waals surface area (Å²) in [4.78, 5) is 2.54. The number of benzene rings is 1. The Morgan fingerprint density at radius 1 is 1.42 bits per heavy atom. The van der Waals surface area contributed by atoms with Crippen LogP contribution in [0, 0.1) is 12.8 Å². The molecule has 1 aliphatic rings. The maximum absolute atomic E-state index is 6.28. The molecular weight excluding hydrogens is 256 g/mol. The highest BCUT2D eigenvalue weighted by Gasteiger charge is 2.29. The minimum Gasteiger partial charge on any atom is -0.365 e. The first-order valence-electron chi connectivity index (χ1n) is 7.29. The van der Waals surface area contributed by atoms with Gasteiger partial charge >= 0.3 is 0 Å². The van der Waals surface area contributed by atoms with Crippen LogP contribution in [0.2, 0.25) is 5.02 Å². The average Bonchev–Trinajstić information content (AvgIpc) is 2.41. The van der Waals surface area contributed by atoms with E-state index in [0.29, 0.717) is 18.0 Å². The monoisotopic (exact) mass is 280 g/mol. The quantitative estimate of drug-likeness (QED) is 0.904. The van der Waals surface area contributed by atoms with Crippen LogP contribution in [0.15, 0.2) is 18.2 Å². The highest BCUT2D eigenvalue weighted by molar-refractivity contribution is 6.31. The molecule has 2 nitrogen and oxygen atoms in total. The fraction of sp³-hybridized carbons (Fsp3) is 0.625. The molecule has 3 heteroatoms. The second-order valence-electron chi connectivity index (χ2n) is 5.86. The first-order chi connectivity index (χ1) is 9.04. The van der Waals surface area contributed by atoms with Crippen molar-refractivity contribution in [2.75, 3.05) is 18.0 Å². The van der Waals surface area contributed by atoms with Gasteiger partial charge in [-0.25, -0.2) is 0 Å². The molecule has 1 saturated heterocycles. The summed E-state index contributed by atoms with van der Waals surface area (Å²) in [6, 6.07) is 7.35. The second kappa shape index (κ2) is 6.15. The summed E-state index contributed by atoms with van der Waals surface area (Å²) in [6.07, 6.45) is 1.16. The number of hydrogen-bond donors (Lipinski definition) is 1. The Hall–Kier alpha value is -0.730. The normalized spacial score (nSPS) is 24.0. The molecule has 0 saturated carbocycles. The van der Waals surface area contributed by atoms with Gasteiger partial charge in [0.1, 0.15) is 0 Å². The van der Waals surface area contributed by atoms with Crippen LogP contribution in [0.1, 0.15) is 32.8 Å². The molecule has 1 aromatic rings. The van der Waals surface area contributed by atoms with E-state index in [1.807, 2.05) is 6.07 Å². The number of piperazine rings is 1. The van der Waals surface area contributed by atoms with Gasteiger partial charge < -0.3 is 10.2 Å². The third-order valence-electron chi connectivity index (χ3n) is 4.27. The number of halogens is 1. The van der Waals surface area contributed by atoms with Crippen molar-refractivity contribution in [3.8, 4) is 0 Å². The molecule has 2 atom stereocenters. The van der Waals surface area contributed by atoms with E-state index < -0.39 is 0 Å². The molecule has 1 aliphatic heterocycles. The van der Waals surface area contributed by atoms with Gasteiger partial charge in [-0.2, -0.15) is 0 Å². The minimum atomic E-state index is 0.557. The fourth-order valence-electron chi connectivity index (χ4n) is 2.84. The van der Waals surface area contributed by atoms with Gasteiger partial charge in [-0.05, 0) is 37.0 Å². The van der Waals surface area contributed by atoms with Gasteiger partial charge in [0.05, 0.1) is 0 Å². The third kappa shape index (κ3) is 3.06. The first-order valence-corrected chi connectivity index (χ1v) is 7.67. The first kappa shape index (κ1) is 14.7. The standard InChI is InChI=1S/C16H25ClN2/c1-5-13-9-18-15(11(2)3)10-19(13)16-8-6-7-14(17)12(16)4/h6-8,11,13,15,18H,5,9-10H2,1-4H3. The average molecular weight is 281 g/mol. The van der Waals surface area contributed by atoms with Crippen LogP contribution in [-0.4, -0.2) is 25.2 Å². The van der Waals surface area contributed by atoms with Gasteiger partial charge in [-0.1, -0.05) is 38.4 Å². The van der Waals surface area contributed by atoms with E-state index in [-0.39, 0.29) is 0 Å². The van der Waals surface area contributed by atoms with E-state index >= 15 is 0 Å². The number of anilines is 1. The second-order valence-corrected chi connectivity index (χ2v) is 6.26. The molecule has 0 amide bonds. The van der Waals surface area contributed by atoms with Crippen LogP contribution in [0.5, 0.6) is 0 Å². The van der Waals surface area contributed by atoms with Crippen molar-refractivity contribution < 1.29 is 0 Å². The van der Waals surface area contributed by atoms with Crippen LogP contribution in [-0.2, 0) is 0 Å². The maximum Gasteiger partial charge on any atom is 0.0455 e. The lowest BCUT2D eigenvalue weighted by Crippen LogP contribution is -2.58. The molecule has 0 radical (unpaired) electrons. The molecule has 1 fully saturated rings. The summed E-state index contributed by atoms with van der Waals surface area (Å²) in [7, 11) is 0. The van der Waals surface area contributed by atoms with Crippen LogP contribution < -0.4 is 10.2 Å². The zero-order chi connectivity index (χ0) is 14.0. The van der Waals surface area contributed by atoms with Crippen molar-refractivity contribution in [2.24, 2.45) is 5.92 Å². The molecule has 2 unspecified atom stereocenters. The summed E-state index contributed by atoms with van der Waals surface area (Å²) in [5.74, 6) is 0.653. The highest BCUT2D eigenvalue weighted by Crippen LogP contribution is 2.30. The zero-order valence-corrected chi connectivity index (χ0v) is 13.2. The number of hydrogen-bond acceptors (Lipinski definition) is 2. The van der Waals surface area contributed by atoms with Crippen molar-refractivity contribution >= 4 is 17.3 Å². The van der Waals surface area contributed by atoms with Crippen LogP contribution in [0.25, 0.3) is 0 Å². The highest BCUT2D eigenvalue weighted by atomic mass is 35.5. The minimum absolute atomic E-state index is 0.557. The summed E-state index contributed by atoms with van der Waals surface area (Å²) < 4.78 is 0. The number of nitrogens with one attached hydrogen (secondary N) is 1. The summed E-state index contributed by atoms with van der Waals surface area (Å²) in [5, 5.41) is 4.55. The molecule has 1 N–H and O–H groups in total. The Morgan fingerprint density at radius 3 is 2.79 bits per heavy atom. The van der Waals surface area contributed by atoms with Gasteiger partial charge in [0.15, 0.2) is 0 Å². The van der Waals surface area contributed by atoms with Gasteiger partial charge in [-0.15, -0.1) is 0 Å². The Balaban J connectivity index is 2.30. The lowest BCUT2D eigenvalue weighted by molar-refractivity contribution is 0.325. The molecule has 0 bridgehead atoms. The summed E-state index contributed by atoms with van der Waals surface area (Å²) in [5.41, 5.74) is 2.50. The Morgan fingerprint density at radius 2 is 2.16 bits per heavy atom. The molecule has 2 rings (SSSR count). The zero-order valence-electron chi connectivity index (χ0n) is 12.4. The van der Waals surface area contributed by atoms with Crippen molar-refractivity contribution in [3.63, 3.8) is 0 Å². The van der Waals surface area contributed by atoms with Crippen molar-refractivity contribution in [2.45, 2.75) is 46.2 Å². The van der Waals surface area contributed by atoms with Crippen molar-refractivity contribution in [1.29, 1.82) is 0 Å². The van der Waals surface area contributed by atoms with E-state index in [9.17, 15) is 0 Å². The Kier molecular flexibility index (Phi) is 4.75. The van der Waals surface area contributed by atoms with Crippen LogP contribution in [0.3, 0.4) is 0 Å². The molecule has 0 aliphatic carbocycles. The van der Waals surface area contributed by atoms with Crippen LogP contribution in [0.4, 0.5) is 5.69 Å². The smallest absolute Gasteiger partial charge is 0.0455 e. The van der Waals surface area contributed by atoms with Crippen molar-refractivity contribution in [3.05, 3.63) is 28.8 Å². The third-order valence-corrected chi connectivity index (χ3v) is 4.68. The molecule has 19 heavy (non-hydrogen) atoms. The summed E-state index contributed by atoms with van der Waals surface area (Å²) >= 11 is 6.28. The van der Waals surface area contributed by atoms with Crippen molar-refractivity contribution in [1.82, 2.24) is 5.32 Å². The van der Waals surface area contributed by atoms with E-state index in [0.717, 1.165) is 24.5 Å². The topological polar surface area (TPSA) is 15.3 Å². The van der Waals surface area contributed by atoms with Gasteiger partial charge in [0.25, 0.3) is 0 Å². The predicted molar refractivity (Wildman–Crippen MR) is 84.2 cm³/mol. The molecule has 1 heterocycles. The largest absolute Gasteiger partial charge is 0.365 e. The number of rotatable bonds is 3. The van der Waals surface area contributed by atoms with Gasteiger partial charge in [0, 0.05) is 35.9 Å². The molecular formula is C16H25ClN2. The lowest BCUT2D eigenvalue weighted by atomic mass is 9.97. The fourth-order valence-corrected chi connectivity index (χ4v) is 3.01. The van der Waals surface area contributed by atoms with E-state index in [1.165, 1.54) is 11.3 Å². The maximum atomic E-state index is 6.28. The predicted octanol–water partition coefficient (Wildman–Crippen LogP) is 3.86. The number of nitrogens with zero attached hydrogens (tertiary/aromatic N) is 1. The van der Waals surface area contributed by atoms with Gasteiger partial charge in [-0.3, -0.25) is 0 Å². The molecule has 106 valence electrons. The van der Waals surface area contributed by atoms with Gasteiger partial charge in [0.2, 0.25) is 0 Å². The van der Waals surface area contributed by atoms with E-state index in [1.54, 1.807) is 0 Å². The molecule has 0 spiro atoms. The Labute approximate surface area is 122 Å². The Bertz CT molecular complexity index is 431. The molecule has 1 aromatic carbocycles. The lowest BCUT2D eigenvalue weighted by Gasteiger charge is -2.43. The summed E-state index contributed by atoms with van der Waals surface area (Å²) in [6.45, 7) is 11.1. The SMILES string of the molecule is CCC1CNC(C(C)C)CN1c1cccc(Cl)c1C. The van der Waals surface area contributed by atoms with E-state index in [2.05, 4.69) is 50.0 Å². The van der Waals surface area contributed by atoms with Crippen LogP contribution >= 0.6 is 11.6 Å². The molecule has 0 aromatic heterocycles.